The normalized spacial score (nSPS) is 19.1. The number of carbonyl (C=O) groups is 1. The van der Waals surface area contributed by atoms with Crippen LogP contribution in [-0.4, -0.2) is 46.7 Å². The van der Waals surface area contributed by atoms with Crippen molar-refractivity contribution in [1.29, 1.82) is 0 Å². The van der Waals surface area contributed by atoms with Gasteiger partial charge in [-0.1, -0.05) is 26.2 Å². The molecule has 1 amide bonds. The molecule has 1 saturated carbocycles. The molecule has 4 heteroatoms. The highest BCUT2D eigenvalue weighted by atomic mass is 16.3. The Morgan fingerprint density at radius 2 is 1.95 bits per heavy atom. The van der Waals surface area contributed by atoms with Crippen molar-refractivity contribution in [2.75, 3.05) is 13.2 Å². The molecular formula is C16H32N2O2. The molecule has 1 aliphatic carbocycles. The van der Waals surface area contributed by atoms with Crippen LogP contribution >= 0.6 is 0 Å². The predicted molar refractivity (Wildman–Crippen MR) is 82.6 cm³/mol. The topological polar surface area (TPSA) is 52.6 Å². The first-order valence-corrected chi connectivity index (χ1v) is 8.10. The number of aliphatic hydroxyl groups excluding tert-OH is 1. The molecule has 0 aromatic heterocycles. The molecule has 1 rings (SSSR count). The zero-order chi connectivity index (χ0) is 15.2. The van der Waals surface area contributed by atoms with Crippen LogP contribution in [-0.2, 0) is 4.79 Å². The van der Waals surface area contributed by atoms with Gasteiger partial charge in [0, 0.05) is 18.1 Å². The highest BCUT2D eigenvalue weighted by Crippen LogP contribution is 2.24. The zero-order valence-corrected chi connectivity index (χ0v) is 13.6. The smallest absolute Gasteiger partial charge is 0.237 e. The Kier molecular flexibility index (Phi) is 6.96. The van der Waals surface area contributed by atoms with Crippen molar-refractivity contribution in [3.05, 3.63) is 0 Å². The second kappa shape index (κ2) is 7.99. The summed E-state index contributed by atoms with van der Waals surface area (Å²) in [6.07, 6.45) is 6.98. The van der Waals surface area contributed by atoms with Gasteiger partial charge in [0.05, 0.1) is 12.6 Å². The molecule has 118 valence electrons. The van der Waals surface area contributed by atoms with E-state index in [0.717, 1.165) is 19.3 Å². The maximum Gasteiger partial charge on any atom is 0.237 e. The minimum absolute atomic E-state index is 0.0795. The van der Waals surface area contributed by atoms with Crippen LogP contribution < -0.4 is 5.32 Å². The average Bonchev–Trinajstić information content (AvgIpc) is 2.44. The highest BCUT2D eigenvalue weighted by molar-refractivity contribution is 5.82. The Hall–Kier alpha value is -0.610. The molecule has 4 nitrogen and oxygen atoms in total. The molecule has 0 bridgehead atoms. The lowest BCUT2D eigenvalue weighted by Crippen LogP contribution is -2.55. The van der Waals surface area contributed by atoms with Crippen molar-refractivity contribution in [2.45, 2.75) is 83.8 Å². The van der Waals surface area contributed by atoms with E-state index in [1.54, 1.807) is 0 Å². The first-order valence-electron chi connectivity index (χ1n) is 8.10. The fraction of sp³-hybridized carbons (Fsp3) is 0.938. The molecule has 1 unspecified atom stereocenters. The minimum Gasteiger partial charge on any atom is -0.395 e. The predicted octanol–water partition coefficient (Wildman–Crippen LogP) is 2.31. The number of aliphatic hydroxyl groups is 1. The number of hydrogen-bond acceptors (Lipinski definition) is 3. The van der Waals surface area contributed by atoms with Gasteiger partial charge in [-0.05, 0) is 40.0 Å². The standard InChI is InChI=1S/C16H32N2O2/c1-5-16(3,4)17-15(20)13(2)18(11-12-19)14-9-7-6-8-10-14/h13-14,19H,5-12H2,1-4H3,(H,17,20). The SMILES string of the molecule is CCC(C)(C)NC(=O)C(C)N(CCO)C1CCCCC1. The fourth-order valence-corrected chi connectivity index (χ4v) is 2.90. The first kappa shape index (κ1) is 17.4. The van der Waals surface area contributed by atoms with Crippen LogP contribution in [0, 0.1) is 0 Å². The van der Waals surface area contributed by atoms with Gasteiger partial charge in [-0.25, -0.2) is 0 Å². The lowest BCUT2D eigenvalue weighted by molar-refractivity contribution is -0.129. The number of rotatable bonds is 7. The van der Waals surface area contributed by atoms with E-state index < -0.39 is 0 Å². The Balaban J connectivity index is 2.67. The van der Waals surface area contributed by atoms with Crippen LogP contribution in [0.25, 0.3) is 0 Å². The van der Waals surface area contributed by atoms with Gasteiger partial charge in [0.15, 0.2) is 0 Å². The molecule has 1 fully saturated rings. The van der Waals surface area contributed by atoms with Crippen molar-refractivity contribution < 1.29 is 9.90 Å². The van der Waals surface area contributed by atoms with Crippen LogP contribution in [0.2, 0.25) is 0 Å². The zero-order valence-electron chi connectivity index (χ0n) is 13.6. The molecule has 0 spiro atoms. The molecule has 20 heavy (non-hydrogen) atoms. The van der Waals surface area contributed by atoms with E-state index in [1.807, 2.05) is 6.92 Å². The number of nitrogens with one attached hydrogen (secondary N) is 1. The third-order valence-electron chi connectivity index (χ3n) is 4.62. The van der Waals surface area contributed by atoms with Crippen LogP contribution in [0.4, 0.5) is 0 Å². The summed E-state index contributed by atoms with van der Waals surface area (Å²) in [5, 5.41) is 12.4. The van der Waals surface area contributed by atoms with Crippen molar-refractivity contribution in [2.24, 2.45) is 0 Å². The second-order valence-electron chi connectivity index (χ2n) is 6.66. The van der Waals surface area contributed by atoms with Crippen molar-refractivity contribution in [3.63, 3.8) is 0 Å². The van der Waals surface area contributed by atoms with E-state index in [9.17, 15) is 9.90 Å². The van der Waals surface area contributed by atoms with Crippen molar-refractivity contribution in [1.82, 2.24) is 10.2 Å². The summed E-state index contributed by atoms with van der Waals surface area (Å²) < 4.78 is 0. The Bertz CT molecular complexity index is 299. The quantitative estimate of drug-likeness (QED) is 0.754. The molecule has 0 radical (unpaired) electrons. The molecule has 0 saturated heterocycles. The van der Waals surface area contributed by atoms with Gasteiger partial charge in [0.2, 0.25) is 5.91 Å². The third kappa shape index (κ3) is 5.06. The number of hydrogen-bond donors (Lipinski definition) is 2. The maximum absolute atomic E-state index is 12.4. The van der Waals surface area contributed by atoms with E-state index in [2.05, 4.69) is 31.0 Å². The Morgan fingerprint density at radius 3 is 2.45 bits per heavy atom. The summed E-state index contributed by atoms with van der Waals surface area (Å²) in [4.78, 5) is 14.6. The van der Waals surface area contributed by atoms with Gasteiger partial charge in [0.1, 0.15) is 0 Å². The van der Waals surface area contributed by atoms with Gasteiger partial charge in [0.25, 0.3) is 0 Å². The third-order valence-corrected chi connectivity index (χ3v) is 4.62. The largest absolute Gasteiger partial charge is 0.395 e. The first-order chi connectivity index (χ1) is 9.41. The summed E-state index contributed by atoms with van der Waals surface area (Å²) in [5.41, 5.74) is -0.164. The minimum atomic E-state index is -0.170. The van der Waals surface area contributed by atoms with Gasteiger partial charge in [-0.2, -0.15) is 0 Å². The van der Waals surface area contributed by atoms with E-state index in [-0.39, 0.29) is 24.1 Å². The van der Waals surface area contributed by atoms with Crippen LogP contribution in [0.15, 0.2) is 0 Å². The number of nitrogens with zero attached hydrogens (tertiary/aromatic N) is 1. The summed E-state index contributed by atoms with van der Waals surface area (Å²) in [7, 11) is 0. The summed E-state index contributed by atoms with van der Waals surface area (Å²) in [6.45, 7) is 8.85. The number of carbonyl (C=O) groups excluding carboxylic acids is 1. The molecule has 0 aliphatic heterocycles. The highest BCUT2D eigenvalue weighted by Gasteiger charge is 2.30. The molecule has 0 aromatic rings. The average molecular weight is 284 g/mol. The Morgan fingerprint density at radius 1 is 1.35 bits per heavy atom. The lowest BCUT2D eigenvalue weighted by atomic mass is 9.93. The molecule has 2 N–H and O–H groups in total. The lowest BCUT2D eigenvalue weighted by Gasteiger charge is -2.38. The van der Waals surface area contributed by atoms with Gasteiger partial charge in [-0.15, -0.1) is 0 Å². The molecule has 0 aromatic carbocycles. The molecular weight excluding hydrogens is 252 g/mol. The van der Waals surface area contributed by atoms with Gasteiger partial charge < -0.3 is 10.4 Å². The van der Waals surface area contributed by atoms with Crippen LogP contribution in [0.1, 0.15) is 66.2 Å². The van der Waals surface area contributed by atoms with Gasteiger partial charge in [-0.3, -0.25) is 9.69 Å². The second-order valence-corrected chi connectivity index (χ2v) is 6.66. The fourth-order valence-electron chi connectivity index (χ4n) is 2.90. The molecule has 1 aliphatic rings. The maximum atomic E-state index is 12.4. The number of amides is 1. The summed E-state index contributed by atoms with van der Waals surface area (Å²) in [6, 6.07) is 0.275. The van der Waals surface area contributed by atoms with E-state index in [1.165, 1.54) is 19.3 Å². The van der Waals surface area contributed by atoms with Crippen molar-refractivity contribution in [3.8, 4) is 0 Å². The summed E-state index contributed by atoms with van der Waals surface area (Å²) in [5.74, 6) is 0.0795. The Labute approximate surface area is 123 Å². The van der Waals surface area contributed by atoms with E-state index in [4.69, 9.17) is 0 Å². The van der Waals surface area contributed by atoms with Crippen LogP contribution in [0.3, 0.4) is 0 Å². The van der Waals surface area contributed by atoms with E-state index >= 15 is 0 Å². The van der Waals surface area contributed by atoms with Crippen molar-refractivity contribution >= 4 is 5.91 Å². The van der Waals surface area contributed by atoms with Crippen LogP contribution in [0.5, 0.6) is 0 Å². The van der Waals surface area contributed by atoms with Gasteiger partial charge >= 0.3 is 0 Å². The summed E-state index contributed by atoms with van der Waals surface area (Å²) >= 11 is 0. The molecule has 1 atom stereocenters. The molecule has 0 heterocycles. The monoisotopic (exact) mass is 284 g/mol. The van der Waals surface area contributed by atoms with E-state index in [0.29, 0.717) is 12.6 Å².